The number of carbonyl (C=O) groups is 2. The van der Waals surface area contributed by atoms with Crippen LogP contribution in [0.1, 0.15) is 85.0 Å². The van der Waals surface area contributed by atoms with E-state index in [1.807, 2.05) is 13.0 Å². The predicted molar refractivity (Wildman–Crippen MR) is 126 cm³/mol. The molecule has 3 saturated carbocycles. The van der Waals surface area contributed by atoms with Crippen molar-refractivity contribution in [1.29, 1.82) is 0 Å². The highest BCUT2D eigenvalue weighted by atomic mass is 16.5. The van der Waals surface area contributed by atoms with Gasteiger partial charge in [0.15, 0.2) is 6.61 Å². The minimum atomic E-state index is -0.210. The lowest BCUT2D eigenvalue weighted by molar-refractivity contribution is -0.150. The summed E-state index contributed by atoms with van der Waals surface area (Å²) in [5.41, 5.74) is -0.384. The highest BCUT2D eigenvalue weighted by molar-refractivity contribution is 5.84. The average molecular weight is 431 g/mol. The van der Waals surface area contributed by atoms with Gasteiger partial charge in [-0.3, -0.25) is 9.59 Å². The molecule has 174 valence electrons. The van der Waals surface area contributed by atoms with Gasteiger partial charge in [0.05, 0.1) is 0 Å². The summed E-state index contributed by atoms with van der Waals surface area (Å²) in [6.07, 6.45) is 16.7. The number of nitrogens with one attached hydrogen (secondary N) is 1. The van der Waals surface area contributed by atoms with E-state index >= 15 is 0 Å². The van der Waals surface area contributed by atoms with Crippen LogP contribution in [0.4, 0.5) is 0 Å². The number of amides is 2. The summed E-state index contributed by atoms with van der Waals surface area (Å²) in [5.74, 6) is 0.937. The summed E-state index contributed by atoms with van der Waals surface area (Å²) in [7, 11) is 0. The first kappa shape index (κ1) is 25.2. The van der Waals surface area contributed by atoms with Crippen LogP contribution in [0.2, 0.25) is 0 Å². The molecule has 0 heterocycles. The fourth-order valence-corrected chi connectivity index (χ4v) is 4.91. The fraction of sp³-hybridized carbons (Fsp3) is 0.692. The Morgan fingerprint density at radius 3 is 2.10 bits per heavy atom. The van der Waals surface area contributed by atoms with Crippen molar-refractivity contribution in [2.24, 2.45) is 5.41 Å². The molecule has 2 amide bonds. The summed E-state index contributed by atoms with van der Waals surface area (Å²) in [6.45, 7) is 11.6. The SMILES string of the molecule is C=C/C=C\C(=C/C)OCC(=O)NC12CCC(C(=O)N(CCCC)CCCC)(CC1)CC2. The molecule has 0 saturated heterocycles. The zero-order valence-electron chi connectivity index (χ0n) is 19.9. The number of carbonyl (C=O) groups excluding carboxylic acids is 2. The predicted octanol–water partition coefficient (Wildman–Crippen LogP) is 5.29. The van der Waals surface area contributed by atoms with Crippen LogP contribution in [0.15, 0.2) is 36.6 Å². The van der Waals surface area contributed by atoms with Crippen molar-refractivity contribution in [3.63, 3.8) is 0 Å². The largest absolute Gasteiger partial charge is 0.484 e. The van der Waals surface area contributed by atoms with Gasteiger partial charge in [-0.1, -0.05) is 45.4 Å². The normalized spacial score (nSPS) is 25.5. The monoisotopic (exact) mass is 430 g/mol. The topological polar surface area (TPSA) is 58.6 Å². The van der Waals surface area contributed by atoms with Crippen LogP contribution in [0.5, 0.6) is 0 Å². The molecule has 3 rings (SSSR count). The Kier molecular flexibility index (Phi) is 9.86. The maximum Gasteiger partial charge on any atom is 0.258 e. The molecule has 0 aromatic rings. The number of allylic oxidation sites excluding steroid dienone is 4. The van der Waals surface area contributed by atoms with E-state index in [9.17, 15) is 9.59 Å². The van der Waals surface area contributed by atoms with Crippen molar-refractivity contribution in [3.05, 3.63) is 36.6 Å². The maximum absolute atomic E-state index is 13.5. The Morgan fingerprint density at radius 2 is 1.61 bits per heavy atom. The molecule has 3 fully saturated rings. The number of hydrogen-bond acceptors (Lipinski definition) is 3. The van der Waals surface area contributed by atoms with Gasteiger partial charge in [-0.15, -0.1) is 0 Å². The molecule has 2 bridgehead atoms. The van der Waals surface area contributed by atoms with Crippen molar-refractivity contribution >= 4 is 11.8 Å². The number of unbranched alkanes of at least 4 members (excludes halogenated alkanes) is 2. The van der Waals surface area contributed by atoms with Crippen LogP contribution < -0.4 is 5.32 Å². The van der Waals surface area contributed by atoms with E-state index in [2.05, 4.69) is 30.6 Å². The first-order chi connectivity index (χ1) is 14.9. The van der Waals surface area contributed by atoms with E-state index < -0.39 is 0 Å². The second-order valence-corrected chi connectivity index (χ2v) is 9.18. The summed E-state index contributed by atoms with van der Waals surface area (Å²) in [5, 5.41) is 3.25. The summed E-state index contributed by atoms with van der Waals surface area (Å²) < 4.78 is 5.62. The molecule has 0 spiro atoms. The van der Waals surface area contributed by atoms with E-state index in [1.54, 1.807) is 18.2 Å². The molecule has 0 unspecified atom stereocenters. The first-order valence-corrected chi connectivity index (χ1v) is 12.1. The third kappa shape index (κ3) is 6.72. The van der Waals surface area contributed by atoms with Crippen LogP contribution >= 0.6 is 0 Å². The van der Waals surface area contributed by atoms with Crippen LogP contribution in [0, 0.1) is 5.41 Å². The highest BCUT2D eigenvalue weighted by Crippen LogP contribution is 2.53. The van der Waals surface area contributed by atoms with Gasteiger partial charge in [0.25, 0.3) is 5.91 Å². The van der Waals surface area contributed by atoms with Crippen LogP contribution in [0.25, 0.3) is 0 Å². The molecule has 0 aromatic heterocycles. The second kappa shape index (κ2) is 12.1. The quantitative estimate of drug-likeness (QED) is 0.319. The smallest absolute Gasteiger partial charge is 0.258 e. The van der Waals surface area contributed by atoms with Crippen molar-refractivity contribution in [1.82, 2.24) is 10.2 Å². The maximum atomic E-state index is 13.5. The number of fused-ring (bicyclic) bond motifs is 3. The molecule has 1 N–H and O–H groups in total. The van der Waals surface area contributed by atoms with Gasteiger partial charge in [0, 0.05) is 24.0 Å². The van der Waals surface area contributed by atoms with Gasteiger partial charge in [-0.25, -0.2) is 0 Å². The van der Waals surface area contributed by atoms with Crippen molar-refractivity contribution in [3.8, 4) is 0 Å². The van der Waals surface area contributed by atoms with Gasteiger partial charge in [-0.2, -0.15) is 0 Å². The number of ether oxygens (including phenoxy) is 1. The minimum absolute atomic E-state index is 0.00872. The van der Waals surface area contributed by atoms with E-state index in [0.29, 0.717) is 11.7 Å². The zero-order valence-corrected chi connectivity index (χ0v) is 19.9. The molecule has 0 radical (unpaired) electrons. The van der Waals surface area contributed by atoms with Gasteiger partial charge in [-0.05, 0) is 70.4 Å². The Bertz CT molecular complexity index is 648. The molecule has 0 aliphatic heterocycles. The molecular formula is C26H42N2O3. The lowest BCUT2D eigenvalue weighted by Gasteiger charge is -2.53. The zero-order chi connectivity index (χ0) is 22.7. The van der Waals surface area contributed by atoms with E-state index in [0.717, 1.165) is 77.3 Å². The van der Waals surface area contributed by atoms with Gasteiger partial charge in [0.1, 0.15) is 5.76 Å². The van der Waals surface area contributed by atoms with Crippen molar-refractivity contribution < 1.29 is 14.3 Å². The van der Waals surface area contributed by atoms with E-state index in [4.69, 9.17) is 4.74 Å². The van der Waals surface area contributed by atoms with Gasteiger partial charge >= 0.3 is 0 Å². The van der Waals surface area contributed by atoms with E-state index in [-0.39, 0.29) is 23.5 Å². The average Bonchev–Trinajstić information content (AvgIpc) is 2.80. The first-order valence-electron chi connectivity index (χ1n) is 12.1. The Hall–Kier alpha value is -2.04. The van der Waals surface area contributed by atoms with Crippen LogP contribution in [-0.4, -0.2) is 41.9 Å². The summed E-state index contributed by atoms with van der Waals surface area (Å²) in [4.78, 5) is 28.2. The van der Waals surface area contributed by atoms with Crippen LogP contribution in [-0.2, 0) is 14.3 Å². The number of hydrogen-bond donors (Lipinski definition) is 1. The molecule has 0 atom stereocenters. The molecule has 3 aliphatic rings. The van der Waals surface area contributed by atoms with Crippen molar-refractivity contribution in [2.45, 2.75) is 90.5 Å². The molecule has 5 heteroatoms. The Labute approximate surface area is 189 Å². The van der Waals surface area contributed by atoms with Gasteiger partial charge < -0.3 is 15.0 Å². The molecule has 31 heavy (non-hydrogen) atoms. The number of nitrogens with zero attached hydrogens (tertiary/aromatic N) is 1. The third-order valence-electron chi connectivity index (χ3n) is 7.01. The highest BCUT2D eigenvalue weighted by Gasteiger charge is 2.53. The standard InChI is InChI=1S/C26H42N2O3/c1-5-9-12-22(8-4)31-21-23(29)27-26-16-13-25(14-17-26,15-18-26)24(30)28(19-10-6-2)20-11-7-3/h5,8-9,12H,1,6-7,10-11,13-21H2,2-4H3,(H,27,29)/b12-9-,22-8+. The fourth-order valence-electron chi connectivity index (χ4n) is 4.91. The van der Waals surface area contributed by atoms with Crippen LogP contribution in [0.3, 0.4) is 0 Å². The van der Waals surface area contributed by atoms with Crippen molar-refractivity contribution in [2.75, 3.05) is 19.7 Å². The Balaban J connectivity index is 1.92. The molecular weight excluding hydrogens is 388 g/mol. The third-order valence-corrected chi connectivity index (χ3v) is 7.01. The summed E-state index contributed by atoms with van der Waals surface area (Å²) >= 11 is 0. The van der Waals surface area contributed by atoms with E-state index in [1.165, 1.54) is 0 Å². The molecule has 3 aliphatic carbocycles. The second-order valence-electron chi connectivity index (χ2n) is 9.18. The molecule has 0 aromatic carbocycles. The molecule has 5 nitrogen and oxygen atoms in total. The summed E-state index contributed by atoms with van der Waals surface area (Å²) in [6, 6.07) is 0. The minimum Gasteiger partial charge on any atom is -0.484 e. The number of rotatable bonds is 13. The lowest BCUT2D eigenvalue weighted by atomic mass is 9.56. The Morgan fingerprint density at radius 1 is 1.03 bits per heavy atom. The van der Waals surface area contributed by atoms with Gasteiger partial charge in [0.2, 0.25) is 5.91 Å². The lowest BCUT2D eigenvalue weighted by Crippen LogP contribution is -2.60.